The molecule has 100 valence electrons. The SMILES string of the molecule is NCCC1CCN(Cc2cc(=O)c(O)co2)CC1. The van der Waals surface area contributed by atoms with Crippen LogP contribution in [-0.4, -0.2) is 29.6 Å². The Bertz CT molecular complexity index is 436. The molecule has 3 N–H and O–H groups in total. The first-order valence-corrected chi connectivity index (χ1v) is 6.42. The van der Waals surface area contributed by atoms with E-state index in [1.54, 1.807) is 0 Å². The smallest absolute Gasteiger partial charge is 0.226 e. The van der Waals surface area contributed by atoms with Crippen molar-refractivity contribution in [3.63, 3.8) is 0 Å². The second kappa shape index (κ2) is 6.02. The summed E-state index contributed by atoms with van der Waals surface area (Å²) in [4.78, 5) is 13.5. The van der Waals surface area contributed by atoms with E-state index in [0.29, 0.717) is 12.3 Å². The van der Waals surface area contributed by atoms with Crippen molar-refractivity contribution in [2.45, 2.75) is 25.8 Å². The molecule has 5 nitrogen and oxygen atoms in total. The van der Waals surface area contributed by atoms with Gasteiger partial charge in [-0.3, -0.25) is 9.69 Å². The molecule has 1 aromatic heterocycles. The molecule has 0 radical (unpaired) electrons. The van der Waals surface area contributed by atoms with E-state index in [2.05, 4.69) is 4.90 Å². The van der Waals surface area contributed by atoms with Crippen LogP contribution in [0.1, 0.15) is 25.0 Å². The highest BCUT2D eigenvalue weighted by Crippen LogP contribution is 2.21. The molecule has 0 atom stereocenters. The summed E-state index contributed by atoms with van der Waals surface area (Å²) in [5.74, 6) is 1.01. The van der Waals surface area contributed by atoms with Crippen LogP contribution in [0.2, 0.25) is 0 Å². The van der Waals surface area contributed by atoms with E-state index in [-0.39, 0.29) is 11.2 Å². The molecule has 0 aromatic carbocycles. The van der Waals surface area contributed by atoms with Crippen LogP contribution in [0.25, 0.3) is 0 Å². The predicted octanol–water partition coefficient (Wildman–Crippen LogP) is 0.906. The zero-order chi connectivity index (χ0) is 13.0. The summed E-state index contributed by atoms with van der Waals surface area (Å²) in [7, 11) is 0. The van der Waals surface area contributed by atoms with Crippen molar-refractivity contribution in [2.75, 3.05) is 19.6 Å². The van der Waals surface area contributed by atoms with Crippen LogP contribution in [0, 0.1) is 5.92 Å². The van der Waals surface area contributed by atoms with Gasteiger partial charge in [-0.05, 0) is 44.8 Å². The van der Waals surface area contributed by atoms with Gasteiger partial charge >= 0.3 is 0 Å². The van der Waals surface area contributed by atoms with Crippen molar-refractivity contribution in [2.24, 2.45) is 11.7 Å². The third kappa shape index (κ3) is 3.34. The minimum Gasteiger partial charge on any atom is -0.502 e. The molecule has 0 amide bonds. The highest BCUT2D eigenvalue weighted by atomic mass is 16.4. The number of hydrogen-bond acceptors (Lipinski definition) is 5. The minimum atomic E-state index is -0.380. The Morgan fingerprint density at radius 2 is 2.17 bits per heavy atom. The van der Waals surface area contributed by atoms with Crippen LogP contribution in [0.5, 0.6) is 5.75 Å². The molecule has 0 spiro atoms. The maximum absolute atomic E-state index is 11.3. The number of likely N-dealkylation sites (tertiary alicyclic amines) is 1. The molecule has 1 aliphatic rings. The third-order valence-electron chi connectivity index (χ3n) is 3.53. The molecule has 1 fully saturated rings. The van der Waals surface area contributed by atoms with Gasteiger partial charge in [0, 0.05) is 6.07 Å². The van der Waals surface area contributed by atoms with Crippen LogP contribution in [-0.2, 0) is 6.54 Å². The Hall–Kier alpha value is -1.33. The van der Waals surface area contributed by atoms with E-state index >= 15 is 0 Å². The lowest BCUT2D eigenvalue weighted by Gasteiger charge is -2.31. The van der Waals surface area contributed by atoms with Gasteiger partial charge in [0.1, 0.15) is 12.0 Å². The van der Waals surface area contributed by atoms with E-state index in [1.165, 1.54) is 6.07 Å². The molecule has 0 aliphatic carbocycles. The molecule has 2 heterocycles. The summed E-state index contributed by atoms with van der Waals surface area (Å²) in [6.07, 6.45) is 4.51. The summed E-state index contributed by atoms with van der Waals surface area (Å²) in [5.41, 5.74) is 5.18. The Labute approximate surface area is 106 Å². The second-order valence-electron chi connectivity index (χ2n) is 4.89. The normalized spacial score (nSPS) is 18.1. The van der Waals surface area contributed by atoms with E-state index in [0.717, 1.165) is 51.1 Å². The molecular weight excluding hydrogens is 232 g/mol. The van der Waals surface area contributed by atoms with Crippen LogP contribution in [0.15, 0.2) is 21.5 Å². The predicted molar refractivity (Wildman–Crippen MR) is 68.3 cm³/mol. The maximum atomic E-state index is 11.3. The average Bonchev–Trinajstić information content (AvgIpc) is 2.37. The zero-order valence-corrected chi connectivity index (χ0v) is 10.5. The number of aromatic hydroxyl groups is 1. The van der Waals surface area contributed by atoms with Crippen LogP contribution < -0.4 is 11.2 Å². The third-order valence-corrected chi connectivity index (χ3v) is 3.53. The van der Waals surface area contributed by atoms with Crippen molar-refractivity contribution in [3.05, 3.63) is 28.3 Å². The molecule has 1 aliphatic heterocycles. The van der Waals surface area contributed by atoms with Gasteiger partial charge < -0.3 is 15.3 Å². The van der Waals surface area contributed by atoms with Crippen molar-refractivity contribution >= 4 is 0 Å². The van der Waals surface area contributed by atoms with Crippen molar-refractivity contribution in [1.29, 1.82) is 0 Å². The monoisotopic (exact) mass is 252 g/mol. The zero-order valence-electron chi connectivity index (χ0n) is 10.5. The first-order valence-electron chi connectivity index (χ1n) is 6.42. The fourth-order valence-corrected chi connectivity index (χ4v) is 2.42. The van der Waals surface area contributed by atoms with E-state index < -0.39 is 0 Å². The van der Waals surface area contributed by atoms with Gasteiger partial charge in [-0.1, -0.05) is 0 Å². The van der Waals surface area contributed by atoms with Gasteiger partial charge in [-0.25, -0.2) is 0 Å². The van der Waals surface area contributed by atoms with Crippen LogP contribution in [0.3, 0.4) is 0 Å². The Morgan fingerprint density at radius 3 is 2.78 bits per heavy atom. The molecule has 0 bridgehead atoms. The van der Waals surface area contributed by atoms with E-state index in [9.17, 15) is 4.79 Å². The lowest BCUT2D eigenvalue weighted by molar-refractivity contribution is 0.161. The maximum Gasteiger partial charge on any atom is 0.226 e. The number of hydrogen-bond donors (Lipinski definition) is 2. The van der Waals surface area contributed by atoms with Gasteiger partial charge in [0.25, 0.3) is 0 Å². The lowest BCUT2D eigenvalue weighted by Crippen LogP contribution is -2.34. The standard InChI is InChI=1S/C13H20N2O3/c14-4-1-10-2-5-15(6-3-10)8-11-7-12(16)13(17)9-18-11/h7,9-10,17H,1-6,8,14H2. The van der Waals surface area contributed by atoms with Gasteiger partial charge in [0.15, 0.2) is 5.75 Å². The van der Waals surface area contributed by atoms with Gasteiger partial charge in [0.2, 0.25) is 5.43 Å². The molecule has 0 saturated carbocycles. The number of nitrogens with two attached hydrogens (primary N) is 1. The lowest BCUT2D eigenvalue weighted by atomic mass is 9.93. The topological polar surface area (TPSA) is 79.7 Å². The van der Waals surface area contributed by atoms with Gasteiger partial charge in [0.05, 0.1) is 6.54 Å². The first kappa shape index (κ1) is 13.1. The fraction of sp³-hybridized carbons (Fsp3) is 0.615. The summed E-state index contributed by atoms with van der Waals surface area (Å²) in [5, 5.41) is 9.11. The second-order valence-corrected chi connectivity index (χ2v) is 4.89. The number of rotatable bonds is 4. The minimum absolute atomic E-state index is 0.333. The van der Waals surface area contributed by atoms with Gasteiger partial charge in [-0.15, -0.1) is 0 Å². The van der Waals surface area contributed by atoms with Crippen molar-refractivity contribution < 1.29 is 9.52 Å². The van der Waals surface area contributed by atoms with Crippen LogP contribution in [0.4, 0.5) is 0 Å². The highest BCUT2D eigenvalue weighted by molar-refractivity contribution is 5.15. The molecule has 1 saturated heterocycles. The fourth-order valence-electron chi connectivity index (χ4n) is 2.42. The number of piperidine rings is 1. The average molecular weight is 252 g/mol. The Kier molecular flexibility index (Phi) is 4.38. The largest absolute Gasteiger partial charge is 0.502 e. The quantitative estimate of drug-likeness (QED) is 0.832. The van der Waals surface area contributed by atoms with E-state index in [4.69, 9.17) is 15.3 Å². The van der Waals surface area contributed by atoms with Crippen molar-refractivity contribution in [3.8, 4) is 5.75 Å². The summed E-state index contributed by atoms with van der Waals surface area (Å²) >= 11 is 0. The van der Waals surface area contributed by atoms with Crippen LogP contribution >= 0.6 is 0 Å². The Morgan fingerprint density at radius 1 is 1.44 bits per heavy atom. The molecule has 18 heavy (non-hydrogen) atoms. The van der Waals surface area contributed by atoms with Crippen molar-refractivity contribution in [1.82, 2.24) is 4.90 Å². The van der Waals surface area contributed by atoms with Gasteiger partial charge in [-0.2, -0.15) is 0 Å². The first-order chi connectivity index (χ1) is 8.69. The molecular formula is C13H20N2O3. The number of nitrogens with zero attached hydrogens (tertiary/aromatic N) is 1. The molecule has 0 unspecified atom stereocenters. The summed E-state index contributed by atoms with van der Waals surface area (Å²) in [6.45, 7) is 3.41. The molecule has 5 heteroatoms. The summed E-state index contributed by atoms with van der Waals surface area (Å²) in [6, 6.07) is 1.36. The Balaban J connectivity index is 1.87. The highest BCUT2D eigenvalue weighted by Gasteiger charge is 2.19. The molecule has 2 rings (SSSR count). The summed E-state index contributed by atoms with van der Waals surface area (Å²) < 4.78 is 5.20. The molecule has 1 aromatic rings. The van der Waals surface area contributed by atoms with E-state index in [1.807, 2.05) is 0 Å².